The zero-order valence-electron chi connectivity index (χ0n) is 13.9. The highest BCUT2D eigenvalue weighted by atomic mass is 16.5. The highest BCUT2D eigenvalue weighted by molar-refractivity contribution is 5.80. The Hall–Kier alpha value is -2.41. The summed E-state index contributed by atoms with van der Waals surface area (Å²) in [6, 6.07) is 9.53. The smallest absolute Gasteiger partial charge is 0.247 e. The van der Waals surface area contributed by atoms with Crippen molar-refractivity contribution in [3.63, 3.8) is 0 Å². The van der Waals surface area contributed by atoms with E-state index in [9.17, 15) is 4.79 Å². The van der Waals surface area contributed by atoms with Crippen LogP contribution in [0.2, 0.25) is 0 Å². The number of hydrogen-bond acceptors (Lipinski definition) is 5. The molecule has 0 radical (unpaired) electrons. The summed E-state index contributed by atoms with van der Waals surface area (Å²) in [6.45, 7) is 6.61. The fourth-order valence-electron chi connectivity index (χ4n) is 2.80. The van der Waals surface area contributed by atoms with Crippen LogP contribution in [0.25, 0.3) is 0 Å². The number of carbonyl (C=O) groups is 1. The van der Waals surface area contributed by atoms with Crippen LogP contribution in [0.5, 0.6) is 5.75 Å². The summed E-state index contributed by atoms with van der Waals surface area (Å²) in [5.41, 5.74) is 0. The summed E-state index contributed by atoms with van der Waals surface area (Å²) >= 11 is 0. The highest BCUT2D eigenvalue weighted by Gasteiger charge is 2.26. The van der Waals surface area contributed by atoms with Crippen molar-refractivity contribution >= 4 is 5.91 Å². The quantitative estimate of drug-likeness (QED) is 0.793. The van der Waals surface area contributed by atoms with Crippen LogP contribution in [0.4, 0.5) is 0 Å². The first-order chi connectivity index (χ1) is 11.7. The fraction of sp³-hybridized carbons (Fsp3) is 0.471. The van der Waals surface area contributed by atoms with Gasteiger partial charge in [0.1, 0.15) is 31.1 Å². The summed E-state index contributed by atoms with van der Waals surface area (Å²) in [4.78, 5) is 20.6. The van der Waals surface area contributed by atoms with E-state index in [0.717, 1.165) is 38.5 Å². The molecule has 0 bridgehead atoms. The molecule has 0 unspecified atom stereocenters. The maximum absolute atomic E-state index is 12.5. The lowest BCUT2D eigenvalue weighted by Gasteiger charge is -2.35. The van der Waals surface area contributed by atoms with Gasteiger partial charge in [0, 0.05) is 32.7 Å². The molecular weight excluding hydrogens is 306 g/mol. The normalized spacial score (nSPS) is 16.8. The van der Waals surface area contributed by atoms with E-state index in [1.807, 2.05) is 42.2 Å². The molecule has 1 fully saturated rings. The SMILES string of the molecule is C[C@H](C(=O)N1CCN(CCOc2ccccc2)CC1)n1cncn1. The molecule has 1 aromatic heterocycles. The summed E-state index contributed by atoms with van der Waals surface area (Å²) in [5, 5.41) is 4.05. The molecule has 0 spiro atoms. The monoisotopic (exact) mass is 329 g/mol. The molecule has 7 nitrogen and oxygen atoms in total. The van der Waals surface area contributed by atoms with E-state index < -0.39 is 0 Å². The number of aromatic nitrogens is 3. The lowest BCUT2D eigenvalue weighted by Crippen LogP contribution is -2.51. The van der Waals surface area contributed by atoms with Crippen molar-refractivity contribution in [2.24, 2.45) is 0 Å². The Kier molecular flexibility index (Phi) is 5.43. The van der Waals surface area contributed by atoms with Gasteiger partial charge in [-0.15, -0.1) is 0 Å². The number of para-hydroxylation sites is 1. The Balaban J connectivity index is 1.40. The van der Waals surface area contributed by atoms with Crippen LogP contribution >= 0.6 is 0 Å². The van der Waals surface area contributed by atoms with Gasteiger partial charge < -0.3 is 9.64 Å². The van der Waals surface area contributed by atoms with Gasteiger partial charge in [-0.3, -0.25) is 9.69 Å². The molecule has 1 atom stereocenters. The third kappa shape index (κ3) is 4.11. The van der Waals surface area contributed by atoms with Crippen molar-refractivity contribution in [1.82, 2.24) is 24.6 Å². The summed E-state index contributed by atoms with van der Waals surface area (Å²) in [6.07, 6.45) is 3.04. The van der Waals surface area contributed by atoms with Crippen molar-refractivity contribution in [3.8, 4) is 5.75 Å². The number of rotatable bonds is 6. The molecule has 1 aliphatic heterocycles. The number of amides is 1. The second kappa shape index (κ2) is 7.92. The molecule has 0 aliphatic carbocycles. The van der Waals surface area contributed by atoms with Crippen LogP contribution in [-0.2, 0) is 4.79 Å². The number of hydrogen-bond donors (Lipinski definition) is 0. The van der Waals surface area contributed by atoms with Gasteiger partial charge in [-0.05, 0) is 19.1 Å². The van der Waals surface area contributed by atoms with Gasteiger partial charge in [0.05, 0.1) is 0 Å². The number of piperazine rings is 1. The molecule has 2 heterocycles. The van der Waals surface area contributed by atoms with E-state index in [4.69, 9.17) is 4.74 Å². The van der Waals surface area contributed by atoms with Gasteiger partial charge in [-0.2, -0.15) is 5.10 Å². The van der Waals surface area contributed by atoms with Crippen molar-refractivity contribution < 1.29 is 9.53 Å². The maximum atomic E-state index is 12.5. The van der Waals surface area contributed by atoms with E-state index in [2.05, 4.69) is 15.0 Å². The van der Waals surface area contributed by atoms with Gasteiger partial charge in [0.15, 0.2) is 0 Å². The van der Waals surface area contributed by atoms with E-state index in [-0.39, 0.29) is 11.9 Å². The first kappa shape index (κ1) is 16.4. The van der Waals surface area contributed by atoms with Crippen LogP contribution < -0.4 is 4.74 Å². The molecule has 24 heavy (non-hydrogen) atoms. The lowest BCUT2D eigenvalue weighted by atomic mass is 10.2. The predicted octanol–water partition coefficient (Wildman–Crippen LogP) is 1.06. The molecule has 1 saturated heterocycles. The topological polar surface area (TPSA) is 63.5 Å². The Labute approximate surface area is 141 Å². The van der Waals surface area contributed by atoms with Crippen LogP contribution in [-0.4, -0.2) is 69.8 Å². The first-order valence-corrected chi connectivity index (χ1v) is 8.27. The van der Waals surface area contributed by atoms with Gasteiger partial charge in [-0.25, -0.2) is 9.67 Å². The Morgan fingerprint density at radius 2 is 1.96 bits per heavy atom. The van der Waals surface area contributed by atoms with Crippen molar-refractivity contribution in [1.29, 1.82) is 0 Å². The minimum absolute atomic E-state index is 0.0979. The van der Waals surface area contributed by atoms with Crippen LogP contribution in [0, 0.1) is 0 Å². The third-order valence-electron chi connectivity index (χ3n) is 4.29. The Morgan fingerprint density at radius 1 is 1.21 bits per heavy atom. The number of benzene rings is 1. The second-order valence-corrected chi connectivity index (χ2v) is 5.88. The van der Waals surface area contributed by atoms with E-state index in [0.29, 0.717) is 6.61 Å². The Bertz CT molecular complexity index is 624. The molecule has 1 aliphatic rings. The first-order valence-electron chi connectivity index (χ1n) is 8.27. The number of carbonyl (C=O) groups excluding carboxylic acids is 1. The van der Waals surface area contributed by atoms with E-state index in [1.165, 1.54) is 6.33 Å². The maximum Gasteiger partial charge on any atom is 0.247 e. The van der Waals surface area contributed by atoms with Gasteiger partial charge in [-0.1, -0.05) is 18.2 Å². The average molecular weight is 329 g/mol. The number of nitrogens with zero attached hydrogens (tertiary/aromatic N) is 5. The zero-order chi connectivity index (χ0) is 16.8. The van der Waals surface area contributed by atoms with Crippen LogP contribution in [0.15, 0.2) is 43.0 Å². The second-order valence-electron chi connectivity index (χ2n) is 5.88. The zero-order valence-corrected chi connectivity index (χ0v) is 13.9. The molecule has 1 amide bonds. The molecule has 1 aromatic carbocycles. The van der Waals surface area contributed by atoms with Crippen molar-refractivity contribution in [2.45, 2.75) is 13.0 Å². The number of ether oxygens (including phenoxy) is 1. The summed E-state index contributed by atoms with van der Waals surface area (Å²) in [5.74, 6) is 0.994. The lowest BCUT2D eigenvalue weighted by molar-refractivity contribution is -0.136. The molecule has 3 rings (SSSR count). The third-order valence-corrected chi connectivity index (χ3v) is 4.29. The molecular formula is C17H23N5O2. The van der Waals surface area contributed by atoms with Crippen molar-refractivity contribution in [3.05, 3.63) is 43.0 Å². The molecule has 7 heteroatoms. The molecule has 128 valence electrons. The molecule has 2 aromatic rings. The van der Waals surface area contributed by atoms with Crippen molar-refractivity contribution in [2.75, 3.05) is 39.3 Å². The minimum atomic E-state index is -0.305. The fourth-order valence-corrected chi connectivity index (χ4v) is 2.80. The minimum Gasteiger partial charge on any atom is -0.492 e. The summed E-state index contributed by atoms with van der Waals surface area (Å²) < 4.78 is 7.33. The standard InChI is InChI=1S/C17H23N5O2/c1-15(22-14-18-13-19-22)17(23)21-9-7-20(8-10-21)11-12-24-16-5-3-2-4-6-16/h2-6,13-15H,7-12H2,1H3/t15-/m1/s1. The van der Waals surface area contributed by atoms with E-state index in [1.54, 1.807) is 11.0 Å². The average Bonchev–Trinajstić information content (AvgIpc) is 3.17. The highest BCUT2D eigenvalue weighted by Crippen LogP contribution is 2.12. The summed E-state index contributed by atoms with van der Waals surface area (Å²) in [7, 11) is 0. The predicted molar refractivity (Wildman–Crippen MR) is 89.7 cm³/mol. The van der Waals surface area contributed by atoms with Crippen LogP contribution in [0.3, 0.4) is 0 Å². The van der Waals surface area contributed by atoms with Crippen LogP contribution in [0.1, 0.15) is 13.0 Å². The molecule has 0 N–H and O–H groups in total. The van der Waals surface area contributed by atoms with Gasteiger partial charge in [0.25, 0.3) is 0 Å². The van der Waals surface area contributed by atoms with Gasteiger partial charge in [0.2, 0.25) is 5.91 Å². The molecule has 0 saturated carbocycles. The Morgan fingerprint density at radius 3 is 2.62 bits per heavy atom. The van der Waals surface area contributed by atoms with Gasteiger partial charge >= 0.3 is 0 Å². The van der Waals surface area contributed by atoms with E-state index >= 15 is 0 Å². The largest absolute Gasteiger partial charge is 0.492 e.